The lowest BCUT2D eigenvalue weighted by molar-refractivity contribution is -0.126. The summed E-state index contributed by atoms with van der Waals surface area (Å²) >= 11 is 0. The number of likely N-dealkylation sites (N-methyl/N-ethyl adjacent to an activating group) is 1. The molecule has 3 rings (SSSR count). The van der Waals surface area contributed by atoms with E-state index in [9.17, 15) is 4.79 Å². The van der Waals surface area contributed by atoms with Gasteiger partial charge in [-0.15, -0.1) is 0 Å². The van der Waals surface area contributed by atoms with Crippen molar-refractivity contribution in [2.24, 2.45) is 22.6 Å². The second kappa shape index (κ2) is 12.5. The van der Waals surface area contributed by atoms with Gasteiger partial charge in [-0.25, -0.2) is 4.99 Å². The van der Waals surface area contributed by atoms with Gasteiger partial charge in [-0.2, -0.15) is 0 Å². The van der Waals surface area contributed by atoms with Crippen LogP contribution in [0.15, 0.2) is 4.99 Å². The van der Waals surface area contributed by atoms with Gasteiger partial charge in [-0.3, -0.25) is 9.69 Å². The third kappa shape index (κ3) is 7.73. The molecule has 2 saturated carbocycles. The van der Waals surface area contributed by atoms with Crippen LogP contribution in [0.2, 0.25) is 0 Å². The molecule has 0 aromatic heterocycles. The van der Waals surface area contributed by atoms with E-state index >= 15 is 0 Å². The van der Waals surface area contributed by atoms with Crippen molar-refractivity contribution in [3.05, 3.63) is 0 Å². The van der Waals surface area contributed by atoms with Crippen LogP contribution in [-0.2, 0) is 9.53 Å². The van der Waals surface area contributed by atoms with Crippen LogP contribution in [0.4, 0.5) is 0 Å². The van der Waals surface area contributed by atoms with E-state index in [-0.39, 0.29) is 11.9 Å². The largest absolute Gasteiger partial charge is 0.378 e. The molecular weight excluding hydrogens is 350 g/mol. The smallest absolute Gasteiger partial charge is 0.253 e. The molecule has 0 saturated heterocycles. The summed E-state index contributed by atoms with van der Waals surface area (Å²) in [6.07, 6.45) is 17.2. The number of aliphatic imine (C=N–C) groups is 1. The highest BCUT2D eigenvalue weighted by atomic mass is 16.5. The molecule has 3 atom stereocenters. The van der Waals surface area contributed by atoms with Crippen molar-refractivity contribution in [2.75, 3.05) is 13.7 Å². The molecule has 0 radical (unpaired) electrons. The molecule has 2 N–H and O–H groups in total. The second-order valence-corrected chi connectivity index (χ2v) is 9.10. The first kappa shape index (κ1) is 23.2. The first-order valence-corrected chi connectivity index (χ1v) is 11.7. The van der Waals surface area contributed by atoms with E-state index in [2.05, 4.69) is 18.8 Å². The Balaban J connectivity index is 0.000000209. The number of amides is 1. The Morgan fingerprint density at radius 2 is 1.86 bits per heavy atom. The first-order chi connectivity index (χ1) is 13.5. The SMILES string of the molecule is CCCCOC1CCCC(C)C1.CN1C(=O)C(CCC2CCCCC2)N=C1N. The maximum atomic E-state index is 11.7. The monoisotopic (exact) mass is 393 g/mol. The zero-order chi connectivity index (χ0) is 20.4. The molecule has 2 aliphatic carbocycles. The van der Waals surface area contributed by atoms with E-state index in [1.54, 1.807) is 7.05 Å². The number of carbonyl (C=O) groups excluding carboxylic acids is 1. The Bertz CT molecular complexity index is 488. The normalized spacial score (nSPS) is 28.7. The number of nitrogens with zero attached hydrogens (tertiary/aromatic N) is 2. The van der Waals surface area contributed by atoms with Crippen LogP contribution in [0.1, 0.15) is 97.3 Å². The Hall–Kier alpha value is -1.10. The Morgan fingerprint density at radius 3 is 2.46 bits per heavy atom. The molecular formula is C23H43N3O2. The van der Waals surface area contributed by atoms with Gasteiger partial charge >= 0.3 is 0 Å². The zero-order valence-corrected chi connectivity index (χ0v) is 18.5. The van der Waals surface area contributed by atoms with E-state index in [0.717, 1.165) is 31.3 Å². The van der Waals surface area contributed by atoms with Crippen LogP contribution < -0.4 is 5.73 Å². The Morgan fingerprint density at radius 1 is 1.11 bits per heavy atom. The van der Waals surface area contributed by atoms with E-state index in [4.69, 9.17) is 10.5 Å². The molecule has 2 fully saturated rings. The molecule has 0 spiro atoms. The van der Waals surface area contributed by atoms with Crippen LogP contribution >= 0.6 is 0 Å². The molecule has 0 aromatic carbocycles. The van der Waals surface area contributed by atoms with Crippen LogP contribution in [0.25, 0.3) is 0 Å². The molecule has 3 aliphatic rings. The number of rotatable bonds is 7. The van der Waals surface area contributed by atoms with Crippen molar-refractivity contribution in [3.8, 4) is 0 Å². The van der Waals surface area contributed by atoms with Crippen molar-refractivity contribution in [1.29, 1.82) is 0 Å². The lowest BCUT2D eigenvalue weighted by atomic mass is 9.85. The minimum Gasteiger partial charge on any atom is -0.378 e. The topological polar surface area (TPSA) is 67.9 Å². The first-order valence-electron chi connectivity index (χ1n) is 11.7. The molecule has 3 unspecified atom stereocenters. The number of ether oxygens (including phenoxy) is 1. The number of hydrogen-bond donors (Lipinski definition) is 1. The predicted molar refractivity (Wildman–Crippen MR) is 116 cm³/mol. The predicted octanol–water partition coefficient (Wildman–Crippen LogP) is 4.88. The molecule has 0 bridgehead atoms. The van der Waals surface area contributed by atoms with Crippen molar-refractivity contribution in [3.63, 3.8) is 0 Å². The molecule has 0 aromatic rings. The standard InChI is InChI=1S/C12H21N3O.C11H22O/c1-15-11(16)10(14-12(15)13)8-7-9-5-3-2-4-6-9;1-3-4-8-12-11-7-5-6-10(2)9-11/h9-10H,2-8H2,1H3,(H2,13,14);10-11H,3-9H2,1-2H3. The fourth-order valence-corrected chi connectivity index (χ4v) is 4.62. The molecule has 5 nitrogen and oxygen atoms in total. The van der Waals surface area contributed by atoms with Crippen molar-refractivity contribution in [2.45, 2.75) is 109 Å². The zero-order valence-electron chi connectivity index (χ0n) is 18.5. The third-order valence-corrected chi connectivity index (χ3v) is 6.56. The highest BCUT2D eigenvalue weighted by molar-refractivity contribution is 6.03. The summed E-state index contributed by atoms with van der Waals surface area (Å²) in [6.45, 7) is 5.54. The average molecular weight is 394 g/mol. The number of unbranched alkanes of at least 4 members (excludes halogenated alkanes) is 1. The minimum absolute atomic E-state index is 0.0632. The van der Waals surface area contributed by atoms with Crippen LogP contribution in [0, 0.1) is 11.8 Å². The molecule has 5 heteroatoms. The number of hydrogen-bond acceptors (Lipinski definition) is 4. The van der Waals surface area contributed by atoms with Crippen molar-refractivity contribution >= 4 is 11.9 Å². The summed E-state index contributed by atoms with van der Waals surface area (Å²) in [4.78, 5) is 17.4. The van der Waals surface area contributed by atoms with Gasteiger partial charge < -0.3 is 10.5 Å². The lowest BCUT2D eigenvalue weighted by Gasteiger charge is -2.26. The summed E-state index contributed by atoms with van der Waals surface area (Å²) in [5.41, 5.74) is 5.62. The maximum absolute atomic E-state index is 11.7. The number of nitrogens with two attached hydrogens (primary N) is 1. The minimum atomic E-state index is -0.202. The molecule has 1 aliphatic heterocycles. The Labute approximate surface area is 172 Å². The summed E-state index contributed by atoms with van der Waals surface area (Å²) in [7, 11) is 1.70. The van der Waals surface area contributed by atoms with E-state index in [1.165, 1.54) is 75.5 Å². The van der Waals surface area contributed by atoms with E-state index in [1.807, 2.05) is 0 Å². The van der Waals surface area contributed by atoms with Gasteiger partial charge in [0.1, 0.15) is 6.04 Å². The molecule has 162 valence electrons. The average Bonchev–Trinajstić information content (AvgIpc) is 2.95. The highest BCUT2D eigenvalue weighted by Crippen LogP contribution is 2.29. The third-order valence-electron chi connectivity index (χ3n) is 6.56. The van der Waals surface area contributed by atoms with Crippen molar-refractivity contribution < 1.29 is 9.53 Å². The summed E-state index contributed by atoms with van der Waals surface area (Å²) in [5, 5.41) is 0. The fourth-order valence-electron chi connectivity index (χ4n) is 4.62. The molecule has 1 amide bonds. The van der Waals surface area contributed by atoms with E-state index in [0.29, 0.717) is 12.1 Å². The van der Waals surface area contributed by atoms with Gasteiger partial charge in [0.05, 0.1) is 6.10 Å². The Kier molecular flexibility index (Phi) is 10.3. The van der Waals surface area contributed by atoms with Crippen LogP contribution in [0.3, 0.4) is 0 Å². The molecule has 28 heavy (non-hydrogen) atoms. The van der Waals surface area contributed by atoms with Gasteiger partial charge in [0.15, 0.2) is 5.96 Å². The van der Waals surface area contributed by atoms with Crippen LogP contribution in [-0.4, -0.2) is 42.6 Å². The van der Waals surface area contributed by atoms with Gasteiger partial charge in [-0.1, -0.05) is 65.2 Å². The quantitative estimate of drug-likeness (QED) is 0.627. The number of guanidine groups is 1. The highest BCUT2D eigenvalue weighted by Gasteiger charge is 2.30. The number of carbonyl (C=O) groups is 1. The summed E-state index contributed by atoms with van der Waals surface area (Å²) in [5.74, 6) is 2.14. The molecule has 1 heterocycles. The second-order valence-electron chi connectivity index (χ2n) is 9.10. The van der Waals surface area contributed by atoms with Crippen LogP contribution in [0.5, 0.6) is 0 Å². The van der Waals surface area contributed by atoms with Gasteiger partial charge in [0.2, 0.25) is 0 Å². The lowest BCUT2D eigenvalue weighted by Crippen LogP contribution is -2.35. The van der Waals surface area contributed by atoms with Gasteiger partial charge in [-0.05, 0) is 43.9 Å². The maximum Gasteiger partial charge on any atom is 0.253 e. The summed E-state index contributed by atoms with van der Waals surface area (Å²) in [6, 6.07) is -0.202. The van der Waals surface area contributed by atoms with Gasteiger partial charge in [0.25, 0.3) is 5.91 Å². The fraction of sp³-hybridized carbons (Fsp3) is 0.913. The summed E-state index contributed by atoms with van der Waals surface area (Å²) < 4.78 is 5.79. The van der Waals surface area contributed by atoms with Gasteiger partial charge in [0, 0.05) is 13.7 Å². The van der Waals surface area contributed by atoms with Crippen molar-refractivity contribution in [1.82, 2.24) is 4.90 Å². The van der Waals surface area contributed by atoms with E-state index < -0.39 is 0 Å².